The molecule has 0 aliphatic rings. The maximum Gasteiger partial charge on any atom is 0.339 e. The Morgan fingerprint density at radius 3 is 2.89 bits per heavy atom. The molecule has 0 fully saturated rings. The molecule has 19 heavy (non-hydrogen) atoms. The van der Waals surface area contributed by atoms with E-state index < -0.39 is 11.1 Å². The Balaban J connectivity index is 2.44. The van der Waals surface area contributed by atoms with E-state index in [2.05, 4.69) is 26.0 Å². The number of nitrogens with zero attached hydrogens (tertiary/aromatic N) is 2. The lowest BCUT2D eigenvalue weighted by Gasteiger charge is -2.09. The van der Waals surface area contributed by atoms with Gasteiger partial charge < -0.3 is 5.11 Å². The third kappa shape index (κ3) is 3.14. The van der Waals surface area contributed by atoms with Crippen LogP contribution in [0.5, 0.6) is 0 Å². The van der Waals surface area contributed by atoms with Crippen LogP contribution in [0.1, 0.15) is 5.56 Å². The molecule has 8 heteroatoms. The van der Waals surface area contributed by atoms with E-state index >= 15 is 0 Å². The minimum Gasteiger partial charge on any atom is -0.392 e. The SMILES string of the molecule is Cn1[nH]c(=O)c(=O)nc1Sc1ccc(Br)cc1CO. The van der Waals surface area contributed by atoms with Gasteiger partial charge in [-0.05, 0) is 35.5 Å². The van der Waals surface area contributed by atoms with Crippen molar-refractivity contribution >= 4 is 27.7 Å². The Kier molecular flexibility index (Phi) is 4.23. The zero-order valence-electron chi connectivity index (χ0n) is 9.88. The summed E-state index contributed by atoms with van der Waals surface area (Å²) in [5, 5.41) is 12.0. The van der Waals surface area contributed by atoms with E-state index in [9.17, 15) is 14.7 Å². The summed E-state index contributed by atoms with van der Waals surface area (Å²) < 4.78 is 2.22. The normalized spacial score (nSPS) is 10.7. The van der Waals surface area contributed by atoms with Crippen molar-refractivity contribution in [3.05, 3.63) is 48.9 Å². The van der Waals surface area contributed by atoms with Gasteiger partial charge in [-0.15, -0.1) is 0 Å². The van der Waals surface area contributed by atoms with Crippen LogP contribution in [0.4, 0.5) is 0 Å². The van der Waals surface area contributed by atoms with Crippen LogP contribution in [-0.2, 0) is 13.7 Å². The molecule has 1 heterocycles. The molecule has 0 spiro atoms. The lowest BCUT2D eigenvalue weighted by molar-refractivity contribution is 0.279. The number of halogens is 1. The summed E-state index contributed by atoms with van der Waals surface area (Å²) in [6.07, 6.45) is 0. The highest BCUT2D eigenvalue weighted by molar-refractivity contribution is 9.10. The van der Waals surface area contributed by atoms with Crippen molar-refractivity contribution in [2.45, 2.75) is 16.7 Å². The lowest BCUT2D eigenvalue weighted by Crippen LogP contribution is -2.33. The molecule has 1 aromatic heterocycles. The van der Waals surface area contributed by atoms with E-state index in [0.29, 0.717) is 10.7 Å². The summed E-state index contributed by atoms with van der Waals surface area (Å²) in [5.41, 5.74) is -0.881. The van der Waals surface area contributed by atoms with Gasteiger partial charge in [-0.25, -0.2) is 0 Å². The summed E-state index contributed by atoms with van der Waals surface area (Å²) in [7, 11) is 1.59. The van der Waals surface area contributed by atoms with E-state index in [-0.39, 0.29) is 6.61 Å². The van der Waals surface area contributed by atoms with Gasteiger partial charge in [0.25, 0.3) is 0 Å². The predicted molar refractivity (Wildman–Crippen MR) is 74.3 cm³/mol. The molecule has 2 N–H and O–H groups in total. The fourth-order valence-corrected chi connectivity index (χ4v) is 2.73. The molecule has 100 valence electrons. The van der Waals surface area contributed by atoms with Crippen LogP contribution in [0.25, 0.3) is 0 Å². The smallest absolute Gasteiger partial charge is 0.339 e. The van der Waals surface area contributed by atoms with E-state index in [1.54, 1.807) is 19.2 Å². The van der Waals surface area contributed by atoms with Crippen LogP contribution < -0.4 is 11.1 Å². The van der Waals surface area contributed by atoms with Crippen molar-refractivity contribution in [3.63, 3.8) is 0 Å². The highest BCUT2D eigenvalue weighted by Gasteiger charge is 2.09. The first-order valence-corrected chi connectivity index (χ1v) is 6.86. The van der Waals surface area contributed by atoms with E-state index in [0.717, 1.165) is 9.37 Å². The third-order valence-corrected chi connectivity index (χ3v) is 4.00. The van der Waals surface area contributed by atoms with Gasteiger partial charge in [0.1, 0.15) is 0 Å². The highest BCUT2D eigenvalue weighted by atomic mass is 79.9. The van der Waals surface area contributed by atoms with Gasteiger partial charge in [0, 0.05) is 16.4 Å². The van der Waals surface area contributed by atoms with Crippen LogP contribution in [0.3, 0.4) is 0 Å². The number of aliphatic hydroxyl groups excluding tert-OH is 1. The number of benzene rings is 1. The van der Waals surface area contributed by atoms with Gasteiger partial charge in [0.15, 0.2) is 5.16 Å². The second-order valence-corrected chi connectivity index (χ2v) is 5.64. The number of aliphatic hydroxyl groups is 1. The minimum absolute atomic E-state index is 0.126. The minimum atomic E-state index is -0.830. The monoisotopic (exact) mass is 343 g/mol. The molecular formula is C11H10BrN3O3S. The lowest BCUT2D eigenvalue weighted by atomic mass is 10.2. The van der Waals surface area contributed by atoms with Crippen LogP contribution in [0.2, 0.25) is 0 Å². The van der Waals surface area contributed by atoms with E-state index in [1.165, 1.54) is 16.4 Å². The number of H-pyrrole nitrogens is 1. The zero-order chi connectivity index (χ0) is 14.0. The molecule has 0 atom stereocenters. The molecule has 0 amide bonds. The van der Waals surface area contributed by atoms with Crippen molar-refractivity contribution in [1.82, 2.24) is 14.8 Å². The van der Waals surface area contributed by atoms with Crippen molar-refractivity contribution in [2.75, 3.05) is 0 Å². The molecule has 0 saturated carbocycles. The Bertz CT molecular complexity index is 726. The zero-order valence-corrected chi connectivity index (χ0v) is 12.3. The van der Waals surface area contributed by atoms with Gasteiger partial charge in [-0.2, -0.15) is 4.98 Å². The maximum absolute atomic E-state index is 11.3. The topological polar surface area (TPSA) is 88.0 Å². The Labute approximate surface area is 120 Å². The molecule has 0 bridgehead atoms. The van der Waals surface area contributed by atoms with Crippen molar-refractivity contribution in [2.24, 2.45) is 7.05 Å². The molecule has 0 saturated heterocycles. The molecule has 0 unspecified atom stereocenters. The van der Waals surface area contributed by atoms with E-state index in [1.807, 2.05) is 6.07 Å². The Morgan fingerprint density at radius 1 is 1.47 bits per heavy atom. The molecule has 2 rings (SSSR count). The van der Waals surface area contributed by atoms with E-state index in [4.69, 9.17) is 0 Å². The summed E-state index contributed by atoms with van der Waals surface area (Å²) in [6, 6.07) is 5.41. The summed E-state index contributed by atoms with van der Waals surface area (Å²) in [5.74, 6) is 0. The quantitative estimate of drug-likeness (QED) is 0.807. The fourth-order valence-electron chi connectivity index (χ4n) is 1.42. The number of rotatable bonds is 3. The molecule has 0 aliphatic heterocycles. The standard InChI is InChI=1S/C11H10BrN3O3S/c1-15-11(13-9(17)10(18)14-15)19-8-3-2-7(12)4-6(8)5-16/h2-4,16H,5H2,1H3,(H,14,18). The molecule has 0 aliphatic carbocycles. The Hall–Kier alpha value is -1.38. The first-order chi connectivity index (χ1) is 9.01. The van der Waals surface area contributed by atoms with Crippen LogP contribution in [0.15, 0.2) is 42.3 Å². The molecular weight excluding hydrogens is 334 g/mol. The first kappa shape index (κ1) is 14.0. The molecule has 2 aromatic rings. The van der Waals surface area contributed by atoms with Crippen LogP contribution in [-0.4, -0.2) is 19.9 Å². The number of aromatic amines is 1. The van der Waals surface area contributed by atoms with Gasteiger partial charge in [-0.3, -0.25) is 19.4 Å². The average molecular weight is 344 g/mol. The third-order valence-electron chi connectivity index (χ3n) is 2.34. The fraction of sp³-hybridized carbons (Fsp3) is 0.182. The highest BCUT2D eigenvalue weighted by Crippen LogP contribution is 2.29. The van der Waals surface area contributed by atoms with Crippen molar-refractivity contribution in [3.8, 4) is 0 Å². The van der Waals surface area contributed by atoms with Gasteiger partial charge in [0.05, 0.1) is 6.61 Å². The van der Waals surface area contributed by atoms with Crippen LogP contribution in [0, 0.1) is 0 Å². The van der Waals surface area contributed by atoms with Gasteiger partial charge in [0.2, 0.25) is 0 Å². The first-order valence-electron chi connectivity index (χ1n) is 5.25. The number of aromatic nitrogens is 3. The predicted octanol–water partition coefficient (Wildman–Crippen LogP) is 0.875. The van der Waals surface area contributed by atoms with Crippen molar-refractivity contribution in [1.29, 1.82) is 0 Å². The van der Waals surface area contributed by atoms with Gasteiger partial charge >= 0.3 is 11.1 Å². The summed E-state index contributed by atoms with van der Waals surface area (Å²) >= 11 is 4.52. The number of hydrogen-bond donors (Lipinski definition) is 2. The largest absolute Gasteiger partial charge is 0.392 e. The summed E-state index contributed by atoms with van der Waals surface area (Å²) in [4.78, 5) is 26.8. The Morgan fingerprint density at radius 2 is 2.21 bits per heavy atom. The molecule has 6 nitrogen and oxygen atoms in total. The number of aryl methyl sites for hydroxylation is 1. The molecule has 0 radical (unpaired) electrons. The second-order valence-electron chi connectivity index (χ2n) is 3.71. The maximum atomic E-state index is 11.3. The molecule has 1 aromatic carbocycles. The van der Waals surface area contributed by atoms with Gasteiger partial charge in [-0.1, -0.05) is 15.9 Å². The van der Waals surface area contributed by atoms with Crippen molar-refractivity contribution < 1.29 is 5.11 Å². The summed E-state index contributed by atoms with van der Waals surface area (Å²) in [6.45, 7) is -0.126. The number of hydrogen-bond acceptors (Lipinski definition) is 5. The average Bonchev–Trinajstić information content (AvgIpc) is 2.37. The van der Waals surface area contributed by atoms with Crippen LogP contribution >= 0.6 is 27.7 Å². The number of nitrogens with one attached hydrogen (secondary N) is 1. The second kappa shape index (κ2) is 5.72.